The summed E-state index contributed by atoms with van der Waals surface area (Å²) in [5.41, 5.74) is 0.596. The number of non-ortho nitro benzene ring substituents is 1. The summed E-state index contributed by atoms with van der Waals surface area (Å²) < 4.78 is 1.64. The zero-order valence-corrected chi connectivity index (χ0v) is 10.9. The number of para-hydroxylation sites is 1. The van der Waals surface area contributed by atoms with Gasteiger partial charge in [-0.25, -0.2) is 0 Å². The lowest BCUT2D eigenvalue weighted by Crippen LogP contribution is -2.19. The fraction of sp³-hybridized carbons (Fsp3) is 0.133. The number of rotatable bonds is 2. The van der Waals surface area contributed by atoms with Gasteiger partial charge >= 0.3 is 0 Å². The van der Waals surface area contributed by atoms with Crippen molar-refractivity contribution in [3.63, 3.8) is 0 Å². The smallest absolute Gasteiger partial charge is 0.270 e. The van der Waals surface area contributed by atoms with Gasteiger partial charge in [0.05, 0.1) is 15.8 Å². The largest absolute Gasteiger partial charge is 0.308 e. The fourth-order valence-corrected chi connectivity index (χ4v) is 2.56. The van der Waals surface area contributed by atoms with E-state index in [9.17, 15) is 14.9 Å². The van der Waals surface area contributed by atoms with Crippen molar-refractivity contribution in [1.82, 2.24) is 4.57 Å². The van der Waals surface area contributed by atoms with E-state index in [-0.39, 0.29) is 11.2 Å². The van der Waals surface area contributed by atoms with Crippen LogP contribution in [-0.2, 0) is 6.54 Å². The minimum absolute atomic E-state index is 0.0625. The third kappa shape index (κ3) is 1.67. The standard InChI is InChI=1S/C15H12N2O3/c1-2-16-14-6-4-3-5-12(14)11-8-7-10(17(19)20)9-13(11)15(16)18/h3-9H,2H2,1H3. The minimum Gasteiger partial charge on any atom is -0.308 e. The lowest BCUT2D eigenvalue weighted by atomic mass is 10.1. The molecule has 1 heterocycles. The summed E-state index contributed by atoms with van der Waals surface area (Å²) in [7, 11) is 0. The number of hydrogen-bond donors (Lipinski definition) is 0. The Balaban J connectivity index is 2.56. The molecule has 0 spiro atoms. The van der Waals surface area contributed by atoms with E-state index in [1.54, 1.807) is 10.6 Å². The topological polar surface area (TPSA) is 65.1 Å². The number of pyridine rings is 1. The molecule has 3 rings (SSSR count). The zero-order valence-electron chi connectivity index (χ0n) is 10.9. The van der Waals surface area contributed by atoms with E-state index in [0.29, 0.717) is 11.9 Å². The third-order valence-electron chi connectivity index (χ3n) is 3.49. The molecule has 0 radical (unpaired) electrons. The Kier molecular flexibility index (Phi) is 2.75. The maximum absolute atomic E-state index is 12.5. The van der Waals surface area contributed by atoms with Crippen LogP contribution in [0.5, 0.6) is 0 Å². The van der Waals surface area contributed by atoms with Crippen molar-refractivity contribution in [2.45, 2.75) is 13.5 Å². The van der Waals surface area contributed by atoms with Crippen molar-refractivity contribution in [2.75, 3.05) is 0 Å². The summed E-state index contributed by atoms with van der Waals surface area (Å²) in [6, 6.07) is 12.0. The second-order valence-electron chi connectivity index (χ2n) is 4.55. The van der Waals surface area contributed by atoms with E-state index < -0.39 is 4.92 Å². The lowest BCUT2D eigenvalue weighted by molar-refractivity contribution is -0.384. The zero-order chi connectivity index (χ0) is 14.3. The second kappa shape index (κ2) is 4.45. The van der Waals surface area contributed by atoms with Gasteiger partial charge in [-0.15, -0.1) is 0 Å². The molecular weight excluding hydrogens is 256 g/mol. The van der Waals surface area contributed by atoms with Crippen molar-refractivity contribution >= 4 is 27.4 Å². The molecule has 20 heavy (non-hydrogen) atoms. The predicted octanol–water partition coefficient (Wildman–Crippen LogP) is 3.08. The molecule has 5 nitrogen and oxygen atoms in total. The van der Waals surface area contributed by atoms with Gasteiger partial charge in [-0.05, 0) is 24.4 Å². The van der Waals surface area contributed by atoms with E-state index >= 15 is 0 Å². The van der Waals surface area contributed by atoms with Gasteiger partial charge in [-0.3, -0.25) is 14.9 Å². The maximum atomic E-state index is 12.5. The number of nitro benzene ring substituents is 1. The number of benzene rings is 2. The van der Waals surface area contributed by atoms with Crippen LogP contribution >= 0.6 is 0 Å². The Morgan fingerprint density at radius 3 is 2.55 bits per heavy atom. The molecule has 0 atom stereocenters. The molecule has 0 saturated carbocycles. The highest BCUT2D eigenvalue weighted by molar-refractivity contribution is 6.06. The van der Waals surface area contributed by atoms with Gasteiger partial charge in [-0.1, -0.05) is 18.2 Å². The monoisotopic (exact) mass is 268 g/mol. The van der Waals surface area contributed by atoms with Crippen LogP contribution in [0.1, 0.15) is 6.92 Å². The van der Waals surface area contributed by atoms with Gasteiger partial charge in [0, 0.05) is 24.1 Å². The SMILES string of the molecule is CCn1c(=O)c2cc([N+](=O)[O-])ccc2c2ccccc21. The second-order valence-corrected chi connectivity index (χ2v) is 4.55. The van der Waals surface area contributed by atoms with Gasteiger partial charge in [0.1, 0.15) is 0 Å². The Bertz CT molecular complexity index is 897. The van der Waals surface area contributed by atoms with Crippen LogP contribution in [0.3, 0.4) is 0 Å². The number of hydrogen-bond acceptors (Lipinski definition) is 3. The van der Waals surface area contributed by atoms with Crippen LogP contribution in [0.2, 0.25) is 0 Å². The van der Waals surface area contributed by atoms with Gasteiger partial charge in [0.15, 0.2) is 0 Å². The molecule has 0 aliphatic heterocycles. The molecule has 100 valence electrons. The fourth-order valence-electron chi connectivity index (χ4n) is 2.56. The van der Waals surface area contributed by atoms with Crippen LogP contribution in [-0.4, -0.2) is 9.49 Å². The molecule has 0 aliphatic carbocycles. The first kappa shape index (κ1) is 12.3. The highest BCUT2D eigenvalue weighted by Gasteiger charge is 2.13. The Morgan fingerprint density at radius 2 is 1.85 bits per heavy atom. The maximum Gasteiger partial charge on any atom is 0.270 e. The molecule has 5 heteroatoms. The predicted molar refractivity (Wildman–Crippen MR) is 78.0 cm³/mol. The average molecular weight is 268 g/mol. The summed E-state index contributed by atoms with van der Waals surface area (Å²) in [6.07, 6.45) is 0. The molecule has 0 fully saturated rings. The van der Waals surface area contributed by atoms with Crippen molar-refractivity contribution in [1.29, 1.82) is 0 Å². The molecule has 1 aromatic heterocycles. The molecule has 3 aromatic rings. The number of nitrogens with zero attached hydrogens (tertiary/aromatic N) is 2. The molecule has 2 aromatic carbocycles. The number of fused-ring (bicyclic) bond motifs is 3. The Labute approximate surface area is 114 Å². The first-order valence-corrected chi connectivity index (χ1v) is 6.33. The number of aryl methyl sites for hydroxylation is 1. The highest BCUT2D eigenvalue weighted by Crippen LogP contribution is 2.25. The van der Waals surface area contributed by atoms with Crippen LogP contribution in [0.15, 0.2) is 47.3 Å². The van der Waals surface area contributed by atoms with Crippen molar-refractivity contribution < 1.29 is 4.92 Å². The molecule has 0 unspecified atom stereocenters. The number of aromatic nitrogens is 1. The molecule has 0 bridgehead atoms. The van der Waals surface area contributed by atoms with E-state index in [2.05, 4.69) is 0 Å². The molecular formula is C15H12N2O3. The summed E-state index contributed by atoms with van der Waals surface area (Å²) >= 11 is 0. The first-order valence-electron chi connectivity index (χ1n) is 6.33. The summed E-state index contributed by atoms with van der Waals surface area (Å²) in [4.78, 5) is 22.9. The summed E-state index contributed by atoms with van der Waals surface area (Å²) in [5.74, 6) is 0. The van der Waals surface area contributed by atoms with Crippen molar-refractivity contribution in [3.8, 4) is 0 Å². The van der Waals surface area contributed by atoms with Crippen LogP contribution < -0.4 is 5.56 Å². The quantitative estimate of drug-likeness (QED) is 0.407. The molecule has 0 N–H and O–H groups in total. The summed E-state index contributed by atoms with van der Waals surface area (Å²) in [6.45, 7) is 2.41. The normalized spacial score (nSPS) is 11.1. The third-order valence-corrected chi connectivity index (χ3v) is 3.49. The summed E-state index contributed by atoms with van der Waals surface area (Å²) in [5, 5.41) is 12.9. The van der Waals surface area contributed by atoms with Gasteiger partial charge in [0.25, 0.3) is 11.2 Å². The lowest BCUT2D eigenvalue weighted by Gasteiger charge is -2.10. The number of nitro groups is 1. The van der Waals surface area contributed by atoms with Crippen LogP contribution in [0, 0.1) is 10.1 Å². The van der Waals surface area contributed by atoms with Crippen molar-refractivity contribution in [2.24, 2.45) is 0 Å². The Morgan fingerprint density at radius 1 is 1.10 bits per heavy atom. The van der Waals surface area contributed by atoms with E-state index in [4.69, 9.17) is 0 Å². The van der Waals surface area contributed by atoms with E-state index in [0.717, 1.165) is 16.3 Å². The Hall–Kier alpha value is -2.69. The average Bonchev–Trinajstić information content (AvgIpc) is 2.47. The van der Waals surface area contributed by atoms with Crippen LogP contribution in [0.4, 0.5) is 5.69 Å². The van der Waals surface area contributed by atoms with Crippen molar-refractivity contribution in [3.05, 3.63) is 62.9 Å². The van der Waals surface area contributed by atoms with Crippen LogP contribution in [0.25, 0.3) is 21.7 Å². The molecule has 0 amide bonds. The molecule has 0 aliphatic rings. The van der Waals surface area contributed by atoms with Gasteiger partial charge < -0.3 is 4.57 Å². The van der Waals surface area contributed by atoms with E-state index in [1.807, 2.05) is 31.2 Å². The minimum atomic E-state index is -0.482. The van der Waals surface area contributed by atoms with Gasteiger partial charge in [0.2, 0.25) is 0 Å². The highest BCUT2D eigenvalue weighted by atomic mass is 16.6. The first-order chi connectivity index (χ1) is 9.63. The van der Waals surface area contributed by atoms with Gasteiger partial charge in [-0.2, -0.15) is 0 Å². The molecule has 0 saturated heterocycles. The van der Waals surface area contributed by atoms with E-state index in [1.165, 1.54) is 12.1 Å².